The van der Waals surface area contributed by atoms with Gasteiger partial charge in [0.2, 0.25) is 19.5 Å². The Morgan fingerprint density at radius 3 is 1.62 bits per heavy atom. The molecule has 0 unspecified atom stereocenters. The fourth-order valence-corrected chi connectivity index (χ4v) is 6.07. The Kier molecular flexibility index (Phi) is 13.4. The molecule has 0 atom stereocenters. The van der Waals surface area contributed by atoms with Crippen molar-refractivity contribution in [3.63, 3.8) is 0 Å². The first-order chi connectivity index (χ1) is 21.6. The Morgan fingerprint density at radius 1 is 0.688 bits per heavy atom. The number of hydrogen-bond donors (Lipinski definition) is 1. The average Bonchev–Trinajstić information content (AvgIpc) is 2.94. The van der Waals surface area contributed by atoms with Crippen LogP contribution in [-0.4, -0.2) is 42.6 Å². The summed E-state index contributed by atoms with van der Waals surface area (Å²) >= 11 is 0. The number of allylic oxidation sites excluding steroid dienone is 3. The van der Waals surface area contributed by atoms with E-state index < -0.39 is 29.2 Å². The molecule has 0 heterocycles. The van der Waals surface area contributed by atoms with E-state index in [4.69, 9.17) is 8.85 Å². The first kappa shape index (κ1) is 42.0. The van der Waals surface area contributed by atoms with Crippen LogP contribution in [0.2, 0.25) is 10.1 Å². The topological polar surface area (TPSA) is 38.7 Å². The second-order valence-electron chi connectivity index (χ2n) is 15.2. The highest BCUT2D eigenvalue weighted by molar-refractivity contribution is 6.32. The maximum Gasteiger partial charge on any atom is 0.430 e. The van der Waals surface area contributed by atoms with Gasteiger partial charge in [0.15, 0.2) is 0 Å². The zero-order valence-corrected chi connectivity index (χ0v) is 31.9. The van der Waals surface area contributed by atoms with Crippen LogP contribution < -0.4 is 0 Å². The lowest BCUT2D eigenvalue weighted by atomic mass is 9.84. The van der Waals surface area contributed by atoms with Crippen molar-refractivity contribution in [2.75, 3.05) is 0 Å². The SMILES string of the molecule is CCC(=CC=CC(O)(C(F)(F)F)C(F)(F)F)c1cccc(CCc2ccc(C(C)(C)O[Si]C(C)(C)C)c(C(C)(C)O[Si]C(C)(C)C)c2)c1. The molecule has 0 aromatic heterocycles. The number of hydrogen-bond acceptors (Lipinski definition) is 3. The first-order valence-electron chi connectivity index (χ1n) is 16.0. The molecule has 0 spiro atoms. The Balaban J connectivity index is 2.41. The monoisotopic (exact) mass is 712 g/mol. The quantitative estimate of drug-likeness (QED) is 0.128. The highest BCUT2D eigenvalue weighted by Gasteiger charge is 2.68. The van der Waals surface area contributed by atoms with Gasteiger partial charge in [-0.25, -0.2) is 0 Å². The van der Waals surface area contributed by atoms with Crippen molar-refractivity contribution < 1.29 is 40.3 Å². The maximum absolute atomic E-state index is 13.1. The fourth-order valence-electron chi connectivity index (χ4n) is 4.73. The van der Waals surface area contributed by atoms with Crippen LogP contribution in [0.15, 0.2) is 60.7 Å². The molecule has 3 nitrogen and oxygen atoms in total. The molecule has 2 aromatic carbocycles. The molecule has 11 heteroatoms. The molecule has 0 bridgehead atoms. The number of aryl methyl sites for hydroxylation is 2. The predicted octanol–water partition coefficient (Wildman–Crippen LogP) is 10.9. The summed E-state index contributed by atoms with van der Waals surface area (Å²) in [6.45, 7) is 23.0. The molecule has 0 aliphatic carbocycles. The minimum atomic E-state index is -5.91. The van der Waals surface area contributed by atoms with Crippen molar-refractivity contribution in [3.8, 4) is 0 Å². The normalized spacial score (nSPS) is 14.7. The van der Waals surface area contributed by atoms with Crippen LogP contribution in [0.1, 0.15) is 110 Å². The first-order valence-corrected chi connectivity index (χ1v) is 17.8. The Labute approximate surface area is 288 Å². The third-order valence-corrected chi connectivity index (χ3v) is 9.94. The van der Waals surface area contributed by atoms with Gasteiger partial charge in [-0.15, -0.1) is 0 Å². The largest absolute Gasteiger partial charge is 0.430 e. The molecule has 4 radical (unpaired) electrons. The summed E-state index contributed by atoms with van der Waals surface area (Å²) in [5, 5.41) is 9.46. The summed E-state index contributed by atoms with van der Waals surface area (Å²) in [7, 11) is 0.573. The van der Waals surface area contributed by atoms with Crippen molar-refractivity contribution in [1.82, 2.24) is 0 Å². The van der Waals surface area contributed by atoms with Gasteiger partial charge < -0.3 is 14.0 Å². The molecule has 2 aromatic rings. The fraction of sp³-hybridized carbons (Fsp3) is 0.568. The molecule has 0 aliphatic rings. The Hall–Kier alpha value is -2.19. The third-order valence-electron chi connectivity index (χ3n) is 7.49. The van der Waals surface area contributed by atoms with Crippen molar-refractivity contribution in [2.24, 2.45) is 0 Å². The maximum atomic E-state index is 13.1. The summed E-state index contributed by atoms with van der Waals surface area (Å²) in [4.78, 5) is 0. The van der Waals surface area contributed by atoms with Crippen molar-refractivity contribution in [2.45, 2.75) is 135 Å². The van der Waals surface area contributed by atoms with E-state index in [1.54, 1.807) is 13.0 Å². The summed E-state index contributed by atoms with van der Waals surface area (Å²) < 4.78 is 91.6. The molecule has 0 saturated heterocycles. The number of alkyl halides is 6. The smallest absolute Gasteiger partial charge is 0.408 e. The summed E-state index contributed by atoms with van der Waals surface area (Å²) in [5.74, 6) is 0. The van der Waals surface area contributed by atoms with Crippen molar-refractivity contribution in [3.05, 3.63) is 88.5 Å². The number of rotatable bonds is 13. The van der Waals surface area contributed by atoms with Crippen molar-refractivity contribution >= 4 is 25.1 Å². The summed E-state index contributed by atoms with van der Waals surface area (Å²) in [6, 6.07) is 13.8. The molecule has 48 heavy (non-hydrogen) atoms. The average molecular weight is 713 g/mol. The molecule has 0 amide bonds. The van der Waals surface area contributed by atoms with E-state index >= 15 is 0 Å². The van der Waals surface area contributed by atoms with Gasteiger partial charge in [0, 0.05) is 0 Å². The van der Waals surface area contributed by atoms with Gasteiger partial charge in [-0.3, -0.25) is 0 Å². The van der Waals surface area contributed by atoms with Crippen LogP contribution in [0.3, 0.4) is 0 Å². The van der Waals surface area contributed by atoms with Gasteiger partial charge in [-0.2, -0.15) is 26.3 Å². The van der Waals surface area contributed by atoms with Crippen LogP contribution >= 0.6 is 0 Å². The van der Waals surface area contributed by atoms with Crippen molar-refractivity contribution in [1.29, 1.82) is 0 Å². The van der Waals surface area contributed by atoms with Gasteiger partial charge in [0.25, 0.3) is 5.60 Å². The minimum absolute atomic E-state index is 0.000837. The zero-order chi connectivity index (χ0) is 37.0. The molecule has 0 saturated carbocycles. The second kappa shape index (κ2) is 15.4. The lowest BCUT2D eigenvalue weighted by Crippen LogP contribution is -2.55. The van der Waals surface area contributed by atoms with Crippen LogP contribution in [-0.2, 0) is 32.9 Å². The molecule has 0 aliphatic heterocycles. The Morgan fingerprint density at radius 2 is 1.17 bits per heavy atom. The van der Waals surface area contributed by atoms with E-state index in [2.05, 4.69) is 87.4 Å². The lowest BCUT2D eigenvalue weighted by Gasteiger charge is -2.37. The van der Waals surface area contributed by atoms with E-state index in [0.29, 0.717) is 46.2 Å². The van der Waals surface area contributed by atoms with E-state index in [9.17, 15) is 31.4 Å². The lowest BCUT2D eigenvalue weighted by molar-refractivity contribution is -0.347. The summed E-state index contributed by atoms with van der Waals surface area (Å²) in [6.07, 6.45) is -8.59. The van der Waals surface area contributed by atoms with Gasteiger partial charge in [-0.05, 0) is 96.5 Å². The number of halogens is 6. The third kappa shape index (κ3) is 11.7. The molecule has 0 fully saturated rings. The number of benzene rings is 2. The standard InChI is InChI=1S/C37H50F6O3Si2/c1-12-27(17-14-22-35(44,36(38,39)40)37(41,42)43)28-16-13-15-25(23-28)18-19-26-20-21-29(33(8,9)45-47-31(2,3)4)30(24-26)34(10,11)46-48-32(5,6)7/h13-17,20-24,44H,12,18-19H2,1-11H3. The minimum Gasteiger partial charge on any atom is -0.408 e. The highest BCUT2D eigenvalue weighted by atomic mass is 28.2. The van der Waals surface area contributed by atoms with E-state index in [1.807, 2.05) is 18.2 Å². The van der Waals surface area contributed by atoms with E-state index in [-0.39, 0.29) is 25.9 Å². The van der Waals surface area contributed by atoms with Crippen LogP contribution in [0, 0.1) is 0 Å². The van der Waals surface area contributed by atoms with Crippen LogP contribution in [0.4, 0.5) is 26.3 Å². The van der Waals surface area contributed by atoms with Gasteiger partial charge in [-0.1, -0.05) is 103 Å². The van der Waals surface area contributed by atoms with E-state index in [1.165, 1.54) is 6.08 Å². The van der Waals surface area contributed by atoms with Gasteiger partial charge in [0.05, 0.1) is 11.2 Å². The molecule has 1 N–H and O–H groups in total. The molecular formula is C37H50F6O3Si2. The number of aliphatic hydroxyl groups is 1. The second-order valence-corrected chi connectivity index (χ2v) is 19.0. The van der Waals surface area contributed by atoms with Crippen LogP contribution in [0.25, 0.3) is 5.57 Å². The van der Waals surface area contributed by atoms with E-state index in [0.717, 1.165) is 22.3 Å². The van der Waals surface area contributed by atoms with Crippen LogP contribution in [0.5, 0.6) is 0 Å². The van der Waals surface area contributed by atoms with Gasteiger partial charge >= 0.3 is 12.4 Å². The zero-order valence-electron chi connectivity index (χ0n) is 29.9. The molecule has 2 rings (SSSR count). The highest BCUT2D eigenvalue weighted by Crippen LogP contribution is 2.44. The summed E-state index contributed by atoms with van der Waals surface area (Å²) in [5.41, 5.74) is -0.726. The Bertz CT molecular complexity index is 1410. The molecular weight excluding hydrogens is 663 g/mol. The predicted molar refractivity (Wildman–Crippen MR) is 184 cm³/mol. The molecule has 266 valence electrons. The van der Waals surface area contributed by atoms with Gasteiger partial charge in [0.1, 0.15) is 0 Å².